The van der Waals surface area contributed by atoms with Gasteiger partial charge in [-0.1, -0.05) is 72.3 Å². The van der Waals surface area contributed by atoms with Crippen molar-refractivity contribution in [1.29, 1.82) is 0 Å². The van der Waals surface area contributed by atoms with E-state index in [1.165, 1.54) is 16.3 Å². The molecule has 0 amide bonds. The smallest absolute Gasteiger partial charge is 0.203 e. The molecule has 0 saturated heterocycles. The lowest BCUT2D eigenvalue weighted by molar-refractivity contribution is 1.27. The number of thiazole rings is 1. The predicted octanol–water partition coefficient (Wildman–Crippen LogP) is 6.11. The third-order valence-electron chi connectivity index (χ3n) is 4.35. The van der Waals surface area contributed by atoms with E-state index in [-0.39, 0.29) is 0 Å². The molecule has 1 heterocycles. The van der Waals surface area contributed by atoms with Crippen LogP contribution in [0.2, 0.25) is 0 Å². The Labute approximate surface area is 157 Å². The van der Waals surface area contributed by atoms with E-state index in [2.05, 4.69) is 94.5 Å². The first kappa shape index (κ1) is 16.5. The predicted molar refractivity (Wildman–Crippen MR) is 112 cm³/mol. The van der Waals surface area contributed by atoms with Gasteiger partial charge < -0.3 is 0 Å². The van der Waals surface area contributed by atoms with E-state index in [0.717, 1.165) is 27.7 Å². The summed E-state index contributed by atoms with van der Waals surface area (Å²) >= 11 is 1.56. The number of aryl methyl sites for hydroxylation is 1. The molecule has 4 rings (SSSR count). The minimum Gasteiger partial charge on any atom is -0.252 e. The minimum absolute atomic E-state index is 0.792. The number of rotatable bonds is 4. The second-order valence-electron chi connectivity index (χ2n) is 6.24. The van der Waals surface area contributed by atoms with Crippen LogP contribution in [0.3, 0.4) is 0 Å². The topological polar surface area (TPSA) is 37.3 Å². The molecule has 4 heteroatoms. The molecule has 0 aliphatic heterocycles. The van der Waals surface area contributed by atoms with Crippen LogP contribution in [0.15, 0.2) is 77.2 Å². The zero-order chi connectivity index (χ0) is 17.9. The van der Waals surface area contributed by atoms with Gasteiger partial charge in [0.15, 0.2) is 0 Å². The summed E-state index contributed by atoms with van der Waals surface area (Å²) in [6, 6.07) is 23.0. The Morgan fingerprint density at radius 3 is 2.58 bits per heavy atom. The summed E-state index contributed by atoms with van der Waals surface area (Å²) in [6.45, 7) is 4.10. The number of hydrogen-bond donors (Lipinski definition) is 1. The number of aromatic nitrogens is 1. The van der Waals surface area contributed by atoms with Crippen molar-refractivity contribution in [3.8, 4) is 11.3 Å². The number of benzene rings is 3. The molecule has 0 spiro atoms. The second kappa shape index (κ2) is 7.10. The SMILES string of the molecule is C/C(=N/Nc1nc(-c2ccc(C)cc2)cs1)c1cccc2ccccc12. The van der Waals surface area contributed by atoms with E-state index < -0.39 is 0 Å². The van der Waals surface area contributed by atoms with Gasteiger partial charge in [-0.3, -0.25) is 5.43 Å². The fourth-order valence-corrected chi connectivity index (χ4v) is 3.58. The first-order valence-electron chi connectivity index (χ1n) is 8.52. The molecule has 128 valence electrons. The van der Waals surface area contributed by atoms with Gasteiger partial charge in [-0.05, 0) is 24.6 Å². The minimum atomic E-state index is 0.792. The standard InChI is InChI=1S/C22H19N3S/c1-15-10-12-18(13-11-15)21-14-26-22(23-21)25-24-16(2)19-9-5-7-17-6-3-4-8-20(17)19/h3-14H,1-2H3,(H,23,25)/b24-16-. The molecule has 0 bridgehead atoms. The van der Waals surface area contributed by atoms with E-state index >= 15 is 0 Å². The average Bonchev–Trinajstić information content (AvgIpc) is 3.15. The molecule has 0 fully saturated rings. The van der Waals surface area contributed by atoms with Crippen LogP contribution in [0.5, 0.6) is 0 Å². The van der Waals surface area contributed by atoms with Gasteiger partial charge in [0.2, 0.25) is 5.13 Å². The van der Waals surface area contributed by atoms with Gasteiger partial charge in [0.05, 0.1) is 11.4 Å². The molecule has 0 aliphatic rings. The molecule has 26 heavy (non-hydrogen) atoms. The van der Waals surface area contributed by atoms with Gasteiger partial charge in [0.1, 0.15) is 0 Å². The Kier molecular flexibility index (Phi) is 4.50. The van der Waals surface area contributed by atoms with E-state index in [9.17, 15) is 0 Å². The fraction of sp³-hybridized carbons (Fsp3) is 0.0909. The molecular weight excluding hydrogens is 338 g/mol. The quantitative estimate of drug-likeness (QED) is 0.353. The molecule has 0 unspecified atom stereocenters. The number of fused-ring (bicyclic) bond motifs is 1. The van der Waals surface area contributed by atoms with Crippen molar-refractivity contribution in [1.82, 2.24) is 4.98 Å². The average molecular weight is 357 g/mol. The normalized spacial score (nSPS) is 11.7. The molecule has 3 nitrogen and oxygen atoms in total. The van der Waals surface area contributed by atoms with Crippen LogP contribution in [0.4, 0.5) is 5.13 Å². The van der Waals surface area contributed by atoms with Crippen LogP contribution in [0.25, 0.3) is 22.0 Å². The maximum Gasteiger partial charge on any atom is 0.203 e. The highest BCUT2D eigenvalue weighted by Gasteiger charge is 2.06. The van der Waals surface area contributed by atoms with E-state index in [0.29, 0.717) is 0 Å². The fourth-order valence-electron chi connectivity index (χ4n) is 2.91. The second-order valence-corrected chi connectivity index (χ2v) is 7.10. The maximum atomic E-state index is 4.64. The molecule has 0 atom stereocenters. The van der Waals surface area contributed by atoms with Crippen molar-refractivity contribution in [3.05, 3.63) is 83.2 Å². The lowest BCUT2D eigenvalue weighted by Gasteiger charge is -2.06. The largest absolute Gasteiger partial charge is 0.252 e. The van der Waals surface area contributed by atoms with Crippen molar-refractivity contribution >= 4 is 33.0 Å². The summed E-state index contributed by atoms with van der Waals surface area (Å²) in [6.07, 6.45) is 0. The molecular formula is C22H19N3S. The summed E-state index contributed by atoms with van der Waals surface area (Å²) in [4.78, 5) is 4.64. The van der Waals surface area contributed by atoms with Gasteiger partial charge in [-0.15, -0.1) is 11.3 Å². The van der Waals surface area contributed by atoms with Crippen LogP contribution in [-0.2, 0) is 0 Å². The lowest BCUT2D eigenvalue weighted by atomic mass is 10.0. The number of hydrazone groups is 1. The molecule has 3 aromatic carbocycles. The highest BCUT2D eigenvalue weighted by Crippen LogP contribution is 2.25. The van der Waals surface area contributed by atoms with Gasteiger partial charge in [0, 0.05) is 16.5 Å². The Morgan fingerprint density at radius 1 is 0.962 bits per heavy atom. The number of hydrogen-bond acceptors (Lipinski definition) is 4. The van der Waals surface area contributed by atoms with E-state index in [1.54, 1.807) is 11.3 Å². The molecule has 4 aromatic rings. The first-order chi connectivity index (χ1) is 12.7. The Morgan fingerprint density at radius 2 is 1.73 bits per heavy atom. The van der Waals surface area contributed by atoms with Crippen LogP contribution in [0.1, 0.15) is 18.1 Å². The first-order valence-corrected chi connectivity index (χ1v) is 9.40. The van der Waals surface area contributed by atoms with E-state index in [4.69, 9.17) is 0 Å². The van der Waals surface area contributed by atoms with Gasteiger partial charge in [-0.25, -0.2) is 4.98 Å². The number of nitrogens with zero attached hydrogens (tertiary/aromatic N) is 2. The zero-order valence-corrected chi connectivity index (χ0v) is 15.5. The lowest BCUT2D eigenvalue weighted by Crippen LogP contribution is -2.00. The summed E-state index contributed by atoms with van der Waals surface area (Å²) in [5.41, 5.74) is 8.51. The monoisotopic (exact) mass is 357 g/mol. The molecule has 1 N–H and O–H groups in total. The highest BCUT2D eigenvalue weighted by molar-refractivity contribution is 7.14. The molecule has 0 aliphatic carbocycles. The zero-order valence-electron chi connectivity index (χ0n) is 14.7. The summed E-state index contributed by atoms with van der Waals surface area (Å²) in [5, 5.41) is 9.82. The Balaban J connectivity index is 1.57. The Bertz CT molecular complexity index is 1070. The van der Waals surface area contributed by atoms with Crippen molar-refractivity contribution in [3.63, 3.8) is 0 Å². The highest BCUT2D eigenvalue weighted by atomic mass is 32.1. The number of anilines is 1. The maximum absolute atomic E-state index is 4.64. The van der Waals surface area contributed by atoms with Crippen LogP contribution in [0, 0.1) is 6.92 Å². The van der Waals surface area contributed by atoms with Crippen LogP contribution in [-0.4, -0.2) is 10.7 Å². The van der Waals surface area contributed by atoms with Crippen molar-refractivity contribution in [2.75, 3.05) is 5.43 Å². The molecule has 0 radical (unpaired) electrons. The summed E-state index contributed by atoms with van der Waals surface area (Å²) in [7, 11) is 0. The third kappa shape index (κ3) is 3.37. The van der Waals surface area contributed by atoms with Crippen molar-refractivity contribution in [2.24, 2.45) is 5.10 Å². The van der Waals surface area contributed by atoms with Crippen LogP contribution >= 0.6 is 11.3 Å². The number of nitrogens with one attached hydrogen (secondary N) is 1. The van der Waals surface area contributed by atoms with Crippen molar-refractivity contribution < 1.29 is 0 Å². The Hall–Kier alpha value is -2.98. The molecule has 1 aromatic heterocycles. The summed E-state index contributed by atoms with van der Waals surface area (Å²) in [5.74, 6) is 0. The summed E-state index contributed by atoms with van der Waals surface area (Å²) < 4.78 is 0. The van der Waals surface area contributed by atoms with Gasteiger partial charge >= 0.3 is 0 Å². The van der Waals surface area contributed by atoms with Crippen LogP contribution < -0.4 is 5.43 Å². The third-order valence-corrected chi connectivity index (χ3v) is 5.10. The molecule has 0 saturated carbocycles. The van der Waals surface area contributed by atoms with Crippen molar-refractivity contribution in [2.45, 2.75) is 13.8 Å². The van der Waals surface area contributed by atoms with Gasteiger partial charge in [-0.2, -0.15) is 5.10 Å². The van der Waals surface area contributed by atoms with E-state index in [1.807, 2.05) is 6.92 Å². The van der Waals surface area contributed by atoms with Gasteiger partial charge in [0.25, 0.3) is 0 Å².